The summed E-state index contributed by atoms with van der Waals surface area (Å²) in [5.74, 6) is 1.07. The number of pyridine rings is 1. The first-order chi connectivity index (χ1) is 10.9. The molecule has 0 atom stereocenters. The van der Waals surface area contributed by atoms with E-state index in [-0.39, 0.29) is 0 Å². The highest BCUT2D eigenvalue weighted by molar-refractivity contribution is 7.91. The summed E-state index contributed by atoms with van der Waals surface area (Å²) in [6, 6.07) is 0. The second kappa shape index (κ2) is 7.77. The normalized spacial score (nSPS) is 12.1. The van der Waals surface area contributed by atoms with Gasteiger partial charge in [-0.1, -0.05) is 19.8 Å². The first-order valence-electron chi connectivity index (χ1n) is 8.21. The minimum absolute atomic E-state index is 0.299. The number of hydrogen-bond acceptors (Lipinski definition) is 5. The van der Waals surface area contributed by atoms with Crippen LogP contribution in [0.3, 0.4) is 0 Å². The van der Waals surface area contributed by atoms with Gasteiger partial charge in [0, 0.05) is 12.7 Å². The molecule has 0 aliphatic heterocycles. The maximum atomic E-state index is 11.8. The van der Waals surface area contributed by atoms with Gasteiger partial charge < -0.3 is 10.3 Å². The number of sulfone groups is 1. The van der Waals surface area contributed by atoms with E-state index < -0.39 is 9.84 Å². The van der Waals surface area contributed by atoms with Crippen molar-refractivity contribution >= 4 is 26.7 Å². The van der Waals surface area contributed by atoms with Crippen molar-refractivity contribution in [2.75, 3.05) is 17.2 Å². The van der Waals surface area contributed by atoms with Crippen LogP contribution in [0.4, 0.5) is 5.82 Å². The minimum atomic E-state index is -2.87. The second-order valence-electron chi connectivity index (χ2n) is 6.03. The molecule has 0 aromatic carbocycles. The van der Waals surface area contributed by atoms with E-state index >= 15 is 0 Å². The highest BCUT2D eigenvalue weighted by atomic mass is 32.2. The number of rotatable bonds is 9. The molecular weight excluding hydrogens is 312 g/mol. The standard InChI is InChI=1S/C16H26N4O2S/c1-3-4-9-23(21,22)10-7-5-6-8-20-12-19-14-15(20)13(2)11-18-16(14)17/h11-12H,3-10H2,1-2H3,(H2,17,18). The average molecular weight is 338 g/mol. The number of anilines is 1. The molecule has 0 saturated carbocycles. The third-order valence-electron chi connectivity index (χ3n) is 4.01. The number of imidazole rings is 1. The number of nitrogens with zero attached hydrogens (tertiary/aromatic N) is 3. The lowest BCUT2D eigenvalue weighted by molar-refractivity contribution is 0.578. The van der Waals surface area contributed by atoms with E-state index in [9.17, 15) is 8.42 Å². The van der Waals surface area contributed by atoms with Gasteiger partial charge in [0.1, 0.15) is 15.4 Å². The fourth-order valence-electron chi connectivity index (χ4n) is 2.69. The Bertz CT molecular complexity index is 753. The predicted molar refractivity (Wildman–Crippen MR) is 94.1 cm³/mol. The number of nitrogens with two attached hydrogens (primary N) is 1. The topological polar surface area (TPSA) is 90.9 Å². The van der Waals surface area contributed by atoms with Gasteiger partial charge in [0.05, 0.1) is 23.3 Å². The van der Waals surface area contributed by atoms with Gasteiger partial charge in [-0.3, -0.25) is 0 Å². The summed E-state index contributed by atoms with van der Waals surface area (Å²) < 4.78 is 25.7. The lowest BCUT2D eigenvalue weighted by Gasteiger charge is -2.07. The largest absolute Gasteiger partial charge is 0.382 e. The fraction of sp³-hybridized carbons (Fsp3) is 0.625. The Morgan fingerprint density at radius 1 is 1.13 bits per heavy atom. The molecule has 0 radical (unpaired) electrons. The van der Waals surface area contributed by atoms with E-state index in [0.717, 1.165) is 55.2 Å². The lowest BCUT2D eigenvalue weighted by atomic mass is 10.2. The van der Waals surface area contributed by atoms with E-state index in [1.807, 2.05) is 13.8 Å². The number of aromatic nitrogens is 3. The molecule has 0 bridgehead atoms. The SMILES string of the molecule is CCCCS(=O)(=O)CCCCCn1cnc2c(N)ncc(C)c21. The monoisotopic (exact) mass is 338 g/mol. The Labute approximate surface area is 138 Å². The quantitative estimate of drug-likeness (QED) is 0.710. The smallest absolute Gasteiger partial charge is 0.151 e. The summed E-state index contributed by atoms with van der Waals surface area (Å²) in [5.41, 5.74) is 8.66. The zero-order valence-electron chi connectivity index (χ0n) is 14.0. The molecule has 2 aromatic heterocycles. The van der Waals surface area contributed by atoms with Crippen molar-refractivity contribution in [2.45, 2.75) is 52.5 Å². The molecular formula is C16H26N4O2S. The van der Waals surface area contributed by atoms with Gasteiger partial charge in [-0.25, -0.2) is 18.4 Å². The summed E-state index contributed by atoms with van der Waals surface area (Å²) in [7, 11) is -2.87. The molecule has 2 aromatic rings. The molecule has 7 heteroatoms. The van der Waals surface area contributed by atoms with Crippen LogP contribution in [0.1, 0.15) is 44.6 Å². The van der Waals surface area contributed by atoms with Crippen LogP contribution in [0.2, 0.25) is 0 Å². The maximum absolute atomic E-state index is 11.8. The maximum Gasteiger partial charge on any atom is 0.151 e. The van der Waals surface area contributed by atoms with E-state index in [4.69, 9.17) is 5.73 Å². The van der Waals surface area contributed by atoms with Gasteiger partial charge in [-0.05, 0) is 31.7 Å². The molecule has 0 unspecified atom stereocenters. The van der Waals surface area contributed by atoms with Crippen LogP contribution in [-0.2, 0) is 16.4 Å². The van der Waals surface area contributed by atoms with E-state index in [1.165, 1.54) is 0 Å². The van der Waals surface area contributed by atoms with E-state index in [1.54, 1.807) is 12.5 Å². The van der Waals surface area contributed by atoms with Crippen LogP contribution in [0.15, 0.2) is 12.5 Å². The van der Waals surface area contributed by atoms with Crippen LogP contribution in [0.25, 0.3) is 11.0 Å². The first-order valence-corrected chi connectivity index (χ1v) is 10.0. The van der Waals surface area contributed by atoms with Gasteiger partial charge in [-0.2, -0.15) is 0 Å². The molecule has 0 fully saturated rings. The van der Waals surface area contributed by atoms with E-state index in [0.29, 0.717) is 17.3 Å². The predicted octanol–water partition coefficient (Wildman–Crippen LogP) is 2.71. The number of aryl methyl sites for hydroxylation is 2. The molecule has 0 aliphatic carbocycles. The number of unbranched alkanes of at least 4 members (excludes halogenated alkanes) is 3. The Morgan fingerprint density at radius 2 is 1.87 bits per heavy atom. The van der Waals surface area contributed by atoms with Gasteiger partial charge in [0.15, 0.2) is 5.82 Å². The molecule has 128 valence electrons. The highest BCUT2D eigenvalue weighted by Gasteiger charge is 2.11. The van der Waals surface area contributed by atoms with Crippen molar-refractivity contribution in [1.29, 1.82) is 0 Å². The van der Waals surface area contributed by atoms with Crippen molar-refractivity contribution in [1.82, 2.24) is 14.5 Å². The Kier molecular flexibility index (Phi) is 5.98. The first kappa shape index (κ1) is 17.7. The summed E-state index contributed by atoms with van der Waals surface area (Å²) in [6.07, 6.45) is 7.77. The summed E-state index contributed by atoms with van der Waals surface area (Å²) in [5, 5.41) is 0. The van der Waals surface area contributed by atoms with Gasteiger partial charge in [0.2, 0.25) is 0 Å². The van der Waals surface area contributed by atoms with Gasteiger partial charge in [0.25, 0.3) is 0 Å². The Hall–Kier alpha value is -1.63. The summed E-state index contributed by atoms with van der Waals surface area (Å²) in [6.45, 7) is 4.82. The summed E-state index contributed by atoms with van der Waals surface area (Å²) >= 11 is 0. The van der Waals surface area contributed by atoms with E-state index in [2.05, 4.69) is 14.5 Å². The van der Waals surface area contributed by atoms with Crippen molar-refractivity contribution in [3.05, 3.63) is 18.1 Å². The molecule has 6 nitrogen and oxygen atoms in total. The van der Waals surface area contributed by atoms with Crippen molar-refractivity contribution in [3.63, 3.8) is 0 Å². The van der Waals surface area contributed by atoms with Gasteiger partial charge in [-0.15, -0.1) is 0 Å². The molecule has 0 amide bonds. The Morgan fingerprint density at radius 3 is 2.61 bits per heavy atom. The number of nitrogen functional groups attached to an aromatic ring is 1. The lowest BCUT2D eigenvalue weighted by Crippen LogP contribution is -2.11. The molecule has 0 saturated heterocycles. The molecule has 0 aliphatic rings. The van der Waals surface area contributed by atoms with Gasteiger partial charge >= 0.3 is 0 Å². The zero-order valence-corrected chi connectivity index (χ0v) is 14.8. The third-order valence-corrected chi connectivity index (χ3v) is 5.84. The molecule has 2 N–H and O–H groups in total. The van der Waals surface area contributed by atoms with Crippen LogP contribution in [0.5, 0.6) is 0 Å². The fourth-order valence-corrected chi connectivity index (χ4v) is 4.27. The van der Waals surface area contributed by atoms with Crippen molar-refractivity contribution in [3.8, 4) is 0 Å². The molecule has 0 spiro atoms. The van der Waals surface area contributed by atoms with Crippen LogP contribution in [0, 0.1) is 6.92 Å². The minimum Gasteiger partial charge on any atom is -0.382 e. The van der Waals surface area contributed by atoms with Crippen molar-refractivity contribution in [2.24, 2.45) is 0 Å². The average Bonchev–Trinajstić information content (AvgIpc) is 2.94. The van der Waals surface area contributed by atoms with Crippen LogP contribution < -0.4 is 5.73 Å². The molecule has 23 heavy (non-hydrogen) atoms. The molecule has 2 heterocycles. The van der Waals surface area contributed by atoms with Crippen LogP contribution >= 0.6 is 0 Å². The number of hydrogen-bond donors (Lipinski definition) is 1. The zero-order chi connectivity index (χ0) is 16.9. The van der Waals surface area contributed by atoms with Crippen LogP contribution in [-0.4, -0.2) is 34.5 Å². The Balaban J connectivity index is 1.85. The second-order valence-corrected chi connectivity index (χ2v) is 8.33. The third kappa shape index (κ3) is 4.67. The number of fused-ring (bicyclic) bond motifs is 1. The molecule has 2 rings (SSSR count). The highest BCUT2D eigenvalue weighted by Crippen LogP contribution is 2.21. The van der Waals surface area contributed by atoms with Crippen molar-refractivity contribution < 1.29 is 8.42 Å². The summed E-state index contributed by atoms with van der Waals surface area (Å²) in [4.78, 5) is 8.45.